The average molecular weight is 529 g/mol. The summed E-state index contributed by atoms with van der Waals surface area (Å²) in [6, 6.07) is 5.24. The van der Waals surface area contributed by atoms with Crippen LogP contribution in [0.4, 0.5) is 30.6 Å². The van der Waals surface area contributed by atoms with E-state index in [1.807, 2.05) is 19.1 Å². The molecular formula is C21H20ClF3N6O3S. The number of ether oxygens (including phenoxy) is 1. The van der Waals surface area contributed by atoms with E-state index < -0.39 is 27.6 Å². The second-order valence-corrected chi connectivity index (χ2v) is 10.1. The molecule has 0 bridgehead atoms. The number of rotatable bonds is 4. The molecule has 2 aromatic heterocycles. The molecule has 0 amide bonds. The van der Waals surface area contributed by atoms with Gasteiger partial charge in [-0.3, -0.25) is 4.72 Å². The van der Waals surface area contributed by atoms with E-state index in [1.54, 1.807) is 11.0 Å². The van der Waals surface area contributed by atoms with Crippen LogP contribution in [0.2, 0.25) is 5.15 Å². The van der Waals surface area contributed by atoms with Crippen LogP contribution in [-0.2, 0) is 22.7 Å². The first kappa shape index (κ1) is 24.8. The molecule has 0 unspecified atom stereocenters. The number of aromatic nitrogens is 3. The Balaban J connectivity index is 1.70. The van der Waals surface area contributed by atoms with Gasteiger partial charge in [0.1, 0.15) is 23.7 Å². The number of halogens is 4. The molecular weight excluding hydrogens is 509 g/mol. The minimum atomic E-state index is -4.65. The lowest BCUT2D eigenvalue weighted by Gasteiger charge is -2.21. The van der Waals surface area contributed by atoms with Crippen LogP contribution in [-0.4, -0.2) is 42.8 Å². The number of alkyl halides is 3. The molecule has 9 nitrogen and oxygen atoms in total. The molecule has 0 saturated heterocycles. The fraction of sp³-hybridized carbons (Fsp3) is 0.286. The van der Waals surface area contributed by atoms with Crippen molar-refractivity contribution in [1.82, 2.24) is 15.0 Å². The van der Waals surface area contributed by atoms with Crippen LogP contribution in [0.1, 0.15) is 16.7 Å². The van der Waals surface area contributed by atoms with Crippen LogP contribution < -0.4 is 20.1 Å². The van der Waals surface area contributed by atoms with Crippen molar-refractivity contribution in [3.8, 4) is 16.9 Å². The van der Waals surface area contributed by atoms with E-state index in [2.05, 4.69) is 19.7 Å². The number of sulfonamides is 1. The molecule has 1 aliphatic heterocycles. The number of nitrogens with two attached hydrogens (primary N) is 1. The molecule has 0 fully saturated rings. The van der Waals surface area contributed by atoms with Gasteiger partial charge in [0, 0.05) is 30.1 Å². The number of nitrogens with one attached hydrogen (secondary N) is 1. The zero-order chi connectivity index (χ0) is 25.5. The van der Waals surface area contributed by atoms with E-state index in [0.29, 0.717) is 29.6 Å². The minimum absolute atomic E-state index is 0.00259. The molecule has 4 rings (SSSR count). The maximum absolute atomic E-state index is 13.0. The second-order valence-electron chi connectivity index (χ2n) is 7.95. The van der Waals surface area contributed by atoms with Gasteiger partial charge in [-0.2, -0.15) is 18.2 Å². The summed E-state index contributed by atoms with van der Waals surface area (Å²) in [6.07, 6.45) is -1.47. The third-order valence-corrected chi connectivity index (χ3v) is 6.07. The van der Waals surface area contributed by atoms with Gasteiger partial charge in [-0.15, -0.1) is 0 Å². The smallest absolute Gasteiger partial charge is 0.421 e. The van der Waals surface area contributed by atoms with Crippen LogP contribution in [0, 0.1) is 6.92 Å². The predicted octanol–water partition coefficient (Wildman–Crippen LogP) is 3.87. The summed E-state index contributed by atoms with van der Waals surface area (Å²) in [6.45, 7) is 2.66. The van der Waals surface area contributed by atoms with E-state index in [0.717, 1.165) is 17.4 Å². The van der Waals surface area contributed by atoms with Gasteiger partial charge in [0.25, 0.3) is 0 Å². The highest BCUT2D eigenvalue weighted by atomic mass is 35.5. The number of aryl methyl sites for hydroxylation is 1. The first-order chi connectivity index (χ1) is 16.3. The molecule has 3 heterocycles. The van der Waals surface area contributed by atoms with Gasteiger partial charge >= 0.3 is 6.18 Å². The molecule has 186 valence electrons. The Hall–Kier alpha value is -3.32. The maximum Gasteiger partial charge on any atom is 0.421 e. The predicted molar refractivity (Wildman–Crippen MR) is 126 cm³/mol. The Labute approximate surface area is 204 Å². The van der Waals surface area contributed by atoms with Gasteiger partial charge in [-0.25, -0.2) is 18.4 Å². The molecule has 35 heavy (non-hydrogen) atoms. The fourth-order valence-corrected chi connectivity index (χ4v) is 4.45. The van der Waals surface area contributed by atoms with Crippen LogP contribution in [0.3, 0.4) is 0 Å². The van der Waals surface area contributed by atoms with Gasteiger partial charge in [0.2, 0.25) is 16.0 Å². The number of nitrogen functional groups attached to an aromatic ring is 1. The summed E-state index contributed by atoms with van der Waals surface area (Å²) in [5, 5.41) is -0.00259. The topological polar surface area (TPSA) is 123 Å². The summed E-state index contributed by atoms with van der Waals surface area (Å²) in [5.41, 5.74) is 7.42. The van der Waals surface area contributed by atoms with Crippen molar-refractivity contribution in [2.75, 3.05) is 34.8 Å². The zero-order valence-corrected chi connectivity index (χ0v) is 20.1. The van der Waals surface area contributed by atoms with Crippen molar-refractivity contribution in [2.45, 2.75) is 19.6 Å². The van der Waals surface area contributed by atoms with Crippen LogP contribution in [0.25, 0.3) is 11.1 Å². The number of nitrogens with zero attached hydrogens (tertiary/aromatic N) is 4. The quantitative estimate of drug-likeness (QED) is 0.489. The van der Waals surface area contributed by atoms with Crippen molar-refractivity contribution in [2.24, 2.45) is 0 Å². The molecule has 0 radical (unpaired) electrons. The Morgan fingerprint density at radius 1 is 1.17 bits per heavy atom. The minimum Gasteiger partial charge on any atom is -0.491 e. The molecule has 1 aromatic carbocycles. The van der Waals surface area contributed by atoms with E-state index >= 15 is 0 Å². The van der Waals surface area contributed by atoms with Crippen molar-refractivity contribution in [1.29, 1.82) is 0 Å². The van der Waals surface area contributed by atoms with Crippen LogP contribution in [0.15, 0.2) is 30.6 Å². The third kappa shape index (κ3) is 5.51. The number of hydrogen-bond acceptors (Lipinski definition) is 8. The largest absolute Gasteiger partial charge is 0.491 e. The van der Waals surface area contributed by atoms with E-state index in [1.165, 1.54) is 6.20 Å². The SMILES string of the molecule is Cc1cc(-c2cnc(Cl)c(NS(C)(=O)=O)c2)cc2c1OCCN(c1ncc(C(F)(F)F)c(N)n1)C2. The summed E-state index contributed by atoms with van der Waals surface area (Å²) < 4.78 is 70.6. The number of anilines is 3. The molecule has 1 aliphatic rings. The zero-order valence-electron chi connectivity index (χ0n) is 18.5. The van der Waals surface area contributed by atoms with Crippen LogP contribution in [0.5, 0.6) is 5.75 Å². The first-order valence-electron chi connectivity index (χ1n) is 10.2. The molecule has 3 aromatic rings. The highest BCUT2D eigenvalue weighted by Crippen LogP contribution is 2.36. The molecule has 14 heteroatoms. The summed E-state index contributed by atoms with van der Waals surface area (Å²) in [7, 11) is -3.58. The van der Waals surface area contributed by atoms with E-state index in [4.69, 9.17) is 22.1 Å². The van der Waals surface area contributed by atoms with Crippen molar-refractivity contribution < 1.29 is 26.3 Å². The van der Waals surface area contributed by atoms with Gasteiger partial charge in [0.15, 0.2) is 5.15 Å². The molecule has 0 aliphatic carbocycles. The molecule has 3 N–H and O–H groups in total. The number of fused-ring (bicyclic) bond motifs is 1. The highest BCUT2D eigenvalue weighted by molar-refractivity contribution is 7.92. The standard InChI is InChI=1S/C21H20ClF3N6O3S/c1-11-5-12(13-7-16(18(22)27-8-13)30-35(2,32)33)6-14-10-31(3-4-34-17(11)14)20-28-9-15(19(26)29-20)21(23,24)25/h5-9,30H,3-4,10H2,1-2H3,(H2,26,28,29). The molecule has 0 saturated carbocycles. The normalized spacial score (nSPS) is 14.2. The summed E-state index contributed by atoms with van der Waals surface area (Å²) >= 11 is 6.04. The van der Waals surface area contributed by atoms with Crippen molar-refractivity contribution >= 4 is 39.1 Å². The first-order valence-corrected chi connectivity index (χ1v) is 12.4. The van der Waals surface area contributed by atoms with Gasteiger partial charge in [-0.05, 0) is 36.2 Å². The van der Waals surface area contributed by atoms with Gasteiger partial charge in [-0.1, -0.05) is 11.6 Å². The van der Waals surface area contributed by atoms with Gasteiger partial charge < -0.3 is 15.4 Å². The summed E-state index contributed by atoms with van der Waals surface area (Å²) in [4.78, 5) is 13.5. The number of pyridine rings is 1. The Morgan fingerprint density at radius 2 is 1.91 bits per heavy atom. The lowest BCUT2D eigenvalue weighted by atomic mass is 9.99. The number of benzene rings is 1. The lowest BCUT2D eigenvalue weighted by molar-refractivity contribution is -0.137. The van der Waals surface area contributed by atoms with Crippen LogP contribution >= 0.6 is 11.6 Å². The highest BCUT2D eigenvalue weighted by Gasteiger charge is 2.35. The fourth-order valence-electron chi connectivity index (χ4n) is 3.68. The summed E-state index contributed by atoms with van der Waals surface area (Å²) in [5.74, 6) is 0.0197. The van der Waals surface area contributed by atoms with E-state index in [9.17, 15) is 21.6 Å². The van der Waals surface area contributed by atoms with Gasteiger partial charge in [0.05, 0.1) is 18.5 Å². The lowest BCUT2D eigenvalue weighted by Crippen LogP contribution is -2.28. The third-order valence-electron chi connectivity index (χ3n) is 5.18. The van der Waals surface area contributed by atoms with Crippen molar-refractivity contribution in [3.63, 3.8) is 0 Å². The second kappa shape index (κ2) is 9.04. The number of hydrogen-bond donors (Lipinski definition) is 2. The monoisotopic (exact) mass is 528 g/mol. The van der Waals surface area contributed by atoms with Crippen molar-refractivity contribution in [3.05, 3.63) is 52.4 Å². The molecule has 0 spiro atoms. The Bertz CT molecular complexity index is 1400. The maximum atomic E-state index is 13.0. The molecule has 0 atom stereocenters. The Kier molecular flexibility index (Phi) is 6.40. The van der Waals surface area contributed by atoms with E-state index in [-0.39, 0.29) is 29.9 Å². The average Bonchev–Trinajstić information content (AvgIpc) is 2.96. The Morgan fingerprint density at radius 3 is 2.57 bits per heavy atom.